The molecule has 0 saturated heterocycles. The van der Waals surface area contributed by atoms with Crippen molar-refractivity contribution in [2.24, 2.45) is 0 Å². The molecular formula is C25H18F2N2O6. The molecule has 0 amide bonds. The third-order valence-electron chi connectivity index (χ3n) is 5.36. The van der Waals surface area contributed by atoms with Crippen LogP contribution in [-0.2, 0) is 16.1 Å². The van der Waals surface area contributed by atoms with Gasteiger partial charge in [-0.2, -0.15) is 13.8 Å². The number of rotatable bonds is 7. The molecule has 1 aliphatic heterocycles. The molecule has 5 rings (SSSR count). The summed E-state index contributed by atoms with van der Waals surface area (Å²) in [4.78, 5) is 17.4. The van der Waals surface area contributed by atoms with Gasteiger partial charge in [-0.25, -0.2) is 0 Å². The molecule has 0 bridgehead atoms. The first-order valence-corrected chi connectivity index (χ1v) is 10.5. The van der Waals surface area contributed by atoms with Gasteiger partial charge < -0.3 is 23.5 Å². The lowest BCUT2D eigenvalue weighted by molar-refractivity contribution is -0.146. The fraction of sp³-hybridized carbons (Fsp3) is 0.160. The summed E-state index contributed by atoms with van der Waals surface area (Å²) in [5.74, 6) is 0.183. The summed E-state index contributed by atoms with van der Waals surface area (Å²) in [5.41, 5.74) is 1.83. The number of halogens is 2. The van der Waals surface area contributed by atoms with E-state index in [9.17, 15) is 13.6 Å². The molecule has 10 heteroatoms. The summed E-state index contributed by atoms with van der Waals surface area (Å²) in [6.45, 7) is -3.24. The second-order valence-corrected chi connectivity index (χ2v) is 7.47. The highest BCUT2D eigenvalue weighted by Crippen LogP contribution is 2.44. The van der Waals surface area contributed by atoms with E-state index in [1.165, 1.54) is 25.3 Å². The van der Waals surface area contributed by atoms with Gasteiger partial charge in [-0.05, 0) is 30.3 Å². The van der Waals surface area contributed by atoms with Crippen molar-refractivity contribution in [1.82, 2.24) is 10.1 Å². The molecule has 0 atom stereocenters. The van der Waals surface area contributed by atoms with Crippen molar-refractivity contribution in [1.29, 1.82) is 0 Å². The summed E-state index contributed by atoms with van der Waals surface area (Å²) < 4.78 is 51.2. The van der Waals surface area contributed by atoms with E-state index >= 15 is 0 Å². The first kappa shape index (κ1) is 22.3. The first-order chi connectivity index (χ1) is 17.0. The molecule has 4 aromatic rings. The number of fused-ring (bicyclic) bond motifs is 2. The number of hydrogen-bond acceptors (Lipinski definition) is 8. The van der Waals surface area contributed by atoms with Crippen LogP contribution in [0.3, 0.4) is 0 Å². The van der Waals surface area contributed by atoms with Crippen molar-refractivity contribution in [3.63, 3.8) is 0 Å². The lowest BCUT2D eigenvalue weighted by Gasteiger charge is -2.26. The fourth-order valence-electron chi connectivity index (χ4n) is 3.81. The summed E-state index contributed by atoms with van der Waals surface area (Å²) in [6, 6.07) is 18.8. The van der Waals surface area contributed by atoms with Gasteiger partial charge in [0.05, 0.1) is 7.11 Å². The van der Waals surface area contributed by atoms with Gasteiger partial charge >= 0.3 is 12.6 Å². The van der Waals surface area contributed by atoms with Crippen molar-refractivity contribution in [2.45, 2.75) is 19.1 Å². The van der Waals surface area contributed by atoms with E-state index in [4.69, 9.17) is 18.7 Å². The van der Waals surface area contributed by atoms with Crippen LogP contribution in [0.2, 0.25) is 0 Å². The van der Waals surface area contributed by atoms with Crippen LogP contribution in [0.1, 0.15) is 22.9 Å². The maximum atomic E-state index is 13.1. The van der Waals surface area contributed by atoms with Crippen molar-refractivity contribution in [3.05, 3.63) is 83.7 Å². The van der Waals surface area contributed by atoms with Crippen LogP contribution in [0.25, 0.3) is 11.4 Å². The number of benzene rings is 3. The molecule has 0 spiro atoms. The zero-order valence-corrected chi connectivity index (χ0v) is 18.3. The lowest BCUT2D eigenvalue weighted by atomic mass is 9.88. The Kier molecular flexibility index (Phi) is 6.01. The molecule has 0 fully saturated rings. The Morgan fingerprint density at radius 2 is 1.69 bits per heavy atom. The molecule has 35 heavy (non-hydrogen) atoms. The highest BCUT2D eigenvalue weighted by molar-refractivity contribution is 5.85. The van der Waals surface area contributed by atoms with E-state index in [2.05, 4.69) is 14.9 Å². The summed E-state index contributed by atoms with van der Waals surface area (Å²) >= 11 is 0. The van der Waals surface area contributed by atoms with Crippen LogP contribution < -0.4 is 14.2 Å². The molecule has 8 nitrogen and oxygen atoms in total. The van der Waals surface area contributed by atoms with Gasteiger partial charge in [-0.15, -0.1) is 0 Å². The molecule has 0 saturated carbocycles. The average Bonchev–Trinajstić information content (AvgIpc) is 3.35. The monoisotopic (exact) mass is 480 g/mol. The predicted octanol–water partition coefficient (Wildman–Crippen LogP) is 5.33. The van der Waals surface area contributed by atoms with E-state index in [1.807, 2.05) is 36.4 Å². The van der Waals surface area contributed by atoms with Crippen LogP contribution in [0.4, 0.5) is 8.78 Å². The quantitative estimate of drug-likeness (QED) is 0.328. The topological polar surface area (TPSA) is 92.9 Å². The van der Waals surface area contributed by atoms with Crippen LogP contribution in [0.15, 0.2) is 71.3 Å². The van der Waals surface area contributed by atoms with Gasteiger partial charge in [0.15, 0.2) is 18.1 Å². The Morgan fingerprint density at radius 1 is 1.00 bits per heavy atom. The lowest BCUT2D eigenvalue weighted by Crippen LogP contribution is -2.21. The standard InChI is InChI=1S/C25H18F2N2O6/c1-31-20-12-14(10-11-19(20)34-25(26)27)23-28-21(35-29-23)13-32-24(30)22-15-6-2-4-8-17(15)33-18-9-5-3-7-16(18)22/h2-12,22,25H,13H2,1H3. The minimum atomic E-state index is -2.99. The largest absolute Gasteiger partial charge is 0.493 e. The number of para-hydroxylation sites is 2. The van der Waals surface area contributed by atoms with E-state index < -0.39 is 18.5 Å². The minimum absolute atomic E-state index is 0.0638. The van der Waals surface area contributed by atoms with E-state index in [0.29, 0.717) is 28.2 Å². The zero-order valence-electron chi connectivity index (χ0n) is 18.3. The van der Waals surface area contributed by atoms with Crippen LogP contribution in [0, 0.1) is 0 Å². The second-order valence-electron chi connectivity index (χ2n) is 7.47. The number of aromatic nitrogens is 2. The normalized spacial score (nSPS) is 12.5. The molecule has 3 aromatic carbocycles. The Balaban J connectivity index is 1.33. The van der Waals surface area contributed by atoms with Gasteiger partial charge in [-0.3, -0.25) is 4.79 Å². The van der Waals surface area contributed by atoms with Crippen LogP contribution >= 0.6 is 0 Å². The number of hydrogen-bond donors (Lipinski definition) is 0. The number of ether oxygens (including phenoxy) is 4. The molecule has 0 radical (unpaired) electrons. The van der Waals surface area contributed by atoms with E-state index in [0.717, 1.165) is 0 Å². The first-order valence-electron chi connectivity index (χ1n) is 10.5. The molecule has 178 valence electrons. The Labute approximate surface area is 198 Å². The maximum Gasteiger partial charge on any atom is 0.387 e. The number of methoxy groups -OCH3 is 1. The smallest absolute Gasteiger partial charge is 0.387 e. The van der Waals surface area contributed by atoms with Gasteiger partial charge in [0, 0.05) is 16.7 Å². The number of alkyl halides is 2. The molecule has 1 aromatic heterocycles. The second kappa shape index (κ2) is 9.41. The van der Waals surface area contributed by atoms with E-state index in [-0.39, 0.29) is 29.8 Å². The third kappa shape index (κ3) is 4.50. The zero-order chi connectivity index (χ0) is 24.4. The fourth-order valence-corrected chi connectivity index (χ4v) is 3.81. The molecular weight excluding hydrogens is 462 g/mol. The number of esters is 1. The van der Waals surface area contributed by atoms with Crippen LogP contribution in [-0.4, -0.2) is 29.8 Å². The Morgan fingerprint density at radius 3 is 2.34 bits per heavy atom. The number of carbonyl (C=O) groups is 1. The average molecular weight is 480 g/mol. The van der Waals surface area contributed by atoms with Crippen molar-refractivity contribution >= 4 is 5.97 Å². The molecule has 0 aliphatic carbocycles. The highest BCUT2D eigenvalue weighted by Gasteiger charge is 2.33. The summed E-state index contributed by atoms with van der Waals surface area (Å²) in [5, 5.41) is 3.87. The highest BCUT2D eigenvalue weighted by atomic mass is 19.3. The maximum absolute atomic E-state index is 13.1. The van der Waals surface area contributed by atoms with Gasteiger partial charge in [0.2, 0.25) is 5.82 Å². The summed E-state index contributed by atoms with van der Waals surface area (Å²) in [7, 11) is 1.32. The van der Waals surface area contributed by atoms with Gasteiger partial charge in [0.1, 0.15) is 17.4 Å². The van der Waals surface area contributed by atoms with Crippen molar-refractivity contribution in [3.8, 4) is 34.4 Å². The molecule has 1 aliphatic rings. The van der Waals surface area contributed by atoms with Gasteiger partial charge in [-0.1, -0.05) is 41.6 Å². The van der Waals surface area contributed by atoms with E-state index in [1.54, 1.807) is 12.1 Å². The number of carbonyl (C=O) groups excluding carboxylic acids is 1. The molecule has 0 unspecified atom stereocenters. The van der Waals surface area contributed by atoms with Crippen LogP contribution in [0.5, 0.6) is 23.0 Å². The number of nitrogens with zero attached hydrogens (tertiary/aromatic N) is 2. The molecule has 2 heterocycles. The summed E-state index contributed by atoms with van der Waals surface area (Å²) in [6.07, 6.45) is 0. The SMILES string of the molecule is COc1cc(-c2noc(COC(=O)C3c4ccccc4Oc4ccccc43)n2)ccc1OC(F)F. The molecule has 0 N–H and O–H groups in total. The predicted molar refractivity (Wildman–Crippen MR) is 118 cm³/mol. The Bertz CT molecular complexity index is 1330. The van der Waals surface area contributed by atoms with Crippen molar-refractivity contribution in [2.75, 3.05) is 7.11 Å². The minimum Gasteiger partial charge on any atom is -0.493 e. The third-order valence-corrected chi connectivity index (χ3v) is 5.36. The van der Waals surface area contributed by atoms with Gasteiger partial charge in [0.25, 0.3) is 5.89 Å². The Hall–Kier alpha value is -4.47. The van der Waals surface area contributed by atoms with Crippen molar-refractivity contribution < 1.29 is 37.0 Å².